The van der Waals surface area contributed by atoms with Crippen LogP contribution in [0.15, 0.2) is 71.6 Å². The molecule has 3 rings (SSSR count). The van der Waals surface area contributed by atoms with Crippen LogP contribution in [0.4, 0.5) is 5.69 Å². The first kappa shape index (κ1) is 32.5. The van der Waals surface area contributed by atoms with Crippen LogP contribution < -0.4 is 14.4 Å². The van der Waals surface area contributed by atoms with Crippen molar-refractivity contribution in [3.63, 3.8) is 0 Å². The summed E-state index contributed by atoms with van der Waals surface area (Å²) in [5, 5.41) is 3.78. The second kappa shape index (κ2) is 14.3. The Balaban J connectivity index is 2.07. The van der Waals surface area contributed by atoms with E-state index >= 15 is 0 Å². The highest BCUT2D eigenvalue weighted by Crippen LogP contribution is 2.29. The van der Waals surface area contributed by atoms with E-state index in [9.17, 15) is 18.0 Å². The van der Waals surface area contributed by atoms with E-state index < -0.39 is 34.4 Å². The lowest BCUT2D eigenvalue weighted by molar-refractivity contribution is -0.139. The number of nitrogens with zero attached hydrogens (tertiary/aromatic N) is 2. The van der Waals surface area contributed by atoms with Crippen molar-refractivity contribution in [2.45, 2.75) is 50.7 Å². The number of halogens is 3. The van der Waals surface area contributed by atoms with Gasteiger partial charge in [-0.25, -0.2) is 8.42 Å². The first-order valence-electron chi connectivity index (χ1n) is 12.8. The zero-order chi connectivity index (χ0) is 30.3. The van der Waals surface area contributed by atoms with Crippen molar-refractivity contribution in [3.05, 3.63) is 87.4 Å². The number of rotatable bonds is 12. The normalized spacial score (nSPS) is 12.8. The van der Waals surface area contributed by atoms with E-state index in [0.717, 1.165) is 4.31 Å². The Labute approximate surface area is 256 Å². The fraction of sp³-hybridized carbons (Fsp3) is 0.310. The number of methoxy groups -OCH3 is 1. The van der Waals surface area contributed by atoms with Gasteiger partial charge in [0.15, 0.2) is 0 Å². The van der Waals surface area contributed by atoms with Gasteiger partial charge < -0.3 is 15.0 Å². The van der Waals surface area contributed by atoms with E-state index in [2.05, 4.69) is 5.32 Å². The molecule has 0 aliphatic rings. The van der Waals surface area contributed by atoms with E-state index in [-0.39, 0.29) is 28.2 Å². The number of ether oxygens (including phenoxy) is 1. The molecule has 0 saturated heterocycles. The van der Waals surface area contributed by atoms with Crippen molar-refractivity contribution in [2.75, 3.05) is 18.0 Å². The summed E-state index contributed by atoms with van der Waals surface area (Å²) in [6.45, 7) is 4.59. The molecule has 220 valence electrons. The number of nitrogens with one attached hydrogen (secondary N) is 1. The summed E-state index contributed by atoms with van der Waals surface area (Å²) >= 11 is 19.0. The maximum absolute atomic E-state index is 14.0. The predicted octanol–water partition coefficient (Wildman–Crippen LogP) is 6.18. The van der Waals surface area contributed by atoms with E-state index in [1.807, 2.05) is 13.8 Å². The summed E-state index contributed by atoms with van der Waals surface area (Å²) in [6, 6.07) is 15.8. The monoisotopic (exact) mass is 639 g/mol. The van der Waals surface area contributed by atoms with Crippen molar-refractivity contribution in [3.8, 4) is 5.75 Å². The molecule has 8 nitrogen and oxygen atoms in total. The lowest BCUT2D eigenvalue weighted by atomic mass is 10.1. The molecule has 0 aliphatic carbocycles. The Kier molecular flexibility index (Phi) is 11.3. The minimum atomic E-state index is -4.26. The van der Waals surface area contributed by atoms with E-state index in [1.165, 1.54) is 48.4 Å². The maximum atomic E-state index is 14.0. The average Bonchev–Trinajstić information content (AvgIpc) is 2.95. The van der Waals surface area contributed by atoms with Crippen molar-refractivity contribution in [1.82, 2.24) is 10.2 Å². The smallest absolute Gasteiger partial charge is 0.264 e. The standard InChI is InChI=1S/C29H32Cl3N3O5S/c1-5-19(2)33-29(37)20(3)34(17-25-26(31)10-7-11-27(25)32)28(36)18-35(22-9-6-8-21(30)16-22)41(38,39)24-14-12-23(40-4)13-15-24/h6-16,19-20H,5,17-18H2,1-4H3,(H,33,37)/t19-,20+/m0/s1. The zero-order valence-electron chi connectivity index (χ0n) is 23.1. The zero-order valence-corrected chi connectivity index (χ0v) is 26.2. The summed E-state index contributed by atoms with van der Waals surface area (Å²) in [7, 11) is -2.79. The molecule has 3 aromatic carbocycles. The Morgan fingerprint density at radius 2 is 1.56 bits per heavy atom. The molecule has 2 atom stereocenters. The van der Waals surface area contributed by atoms with Gasteiger partial charge in [0.25, 0.3) is 10.0 Å². The lowest BCUT2D eigenvalue weighted by Gasteiger charge is -2.33. The summed E-state index contributed by atoms with van der Waals surface area (Å²) in [4.78, 5) is 28.4. The maximum Gasteiger partial charge on any atom is 0.264 e. The van der Waals surface area contributed by atoms with Crippen LogP contribution in [-0.4, -0.2) is 50.9 Å². The van der Waals surface area contributed by atoms with Crippen LogP contribution in [0.2, 0.25) is 15.1 Å². The molecule has 0 saturated carbocycles. The molecule has 0 unspecified atom stereocenters. The highest BCUT2D eigenvalue weighted by atomic mass is 35.5. The predicted molar refractivity (Wildman–Crippen MR) is 163 cm³/mol. The molecule has 0 spiro atoms. The first-order chi connectivity index (χ1) is 19.4. The molecule has 3 aromatic rings. The number of hydrogen-bond acceptors (Lipinski definition) is 5. The van der Waals surface area contributed by atoms with Crippen molar-refractivity contribution in [1.29, 1.82) is 0 Å². The minimum absolute atomic E-state index is 0.0608. The van der Waals surface area contributed by atoms with E-state index in [1.54, 1.807) is 37.3 Å². The minimum Gasteiger partial charge on any atom is -0.497 e. The van der Waals surface area contributed by atoms with Gasteiger partial charge in [0, 0.05) is 33.2 Å². The quantitative estimate of drug-likeness (QED) is 0.255. The number of benzene rings is 3. The largest absolute Gasteiger partial charge is 0.497 e. The topological polar surface area (TPSA) is 96.0 Å². The lowest BCUT2D eigenvalue weighted by Crippen LogP contribution is -2.52. The fourth-order valence-electron chi connectivity index (χ4n) is 3.94. The van der Waals surface area contributed by atoms with E-state index in [0.29, 0.717) is 27.8 Å². The number of carbonyl (C=O) groups is 2. The van der Waals surface area contributed by atoms with Gasteiger partial charge in [-0.1, -0.05) is 53.9 Å². The van der Waals surface area contributed by atoms with Gasteiger partial charge in [0.2, 0.25) is 11.8 Å². The molecular weight excluding hydrogens is 609 g/mol. The Bertz CT molecular complexity index is 1470. The first-order valence-corrected chi connectivity index (χ1v) is 15.4. The van der Waals surface area contributed by atoms with Gasteiger partial charge in [0.1, 0.15) is 18.3 Å². The van der Waals surface area contributed by atoms with Gasteiger partial charge in [-0.15, -0.1) is 0 Å². The molecule has 0 fully saturated rings. The van der Waals surface area contributed by atoms with Crippen LogP contribution in [0.25, 0.3) is 0 Å². The van der Waals surface area contributed by atoms with Gasteiger partial charge >= 0.3 is 0 Å². The Morgan fingerprint density at radius 1 is 0.951 bits per heavy atom. The van der Waals surface area contributed by atoms with Crippen LogP contribution in [0.1, 0.15) is 32.8 Å². The fourth-order valence-corrected chi connectivity index (χ4v) is 6.04. The second-order valence-electron chi connectivity index (χ2n) is 9.38. The molecule has 0 aliphatic heterocycles. The summed E-state index contributed by atoms with van der Waals surface area (Å²) < 4.78 is 33.9. The Morgan fingerprint density at radius 3 is 2.12 bits per heavy atom. The van der Waals surface area contributed by atoms with Crippen molar-refractivity contribution < 1.29 is 22.7 Å². The van der Waals surface area contributed by atoms with Crippen molar-refractivity contribution >= 4 is 62.3 Å². The highest BCUT2D eigenvalue weighted by Gasteiger charge is 2.33. The summed E-state index contributed by atoms with van der Waals surface area (Å²) in [5.41, 5.74) is 0.605. The van der Waals surface area contributed by atoms with Crippen LogP contribution in [0, 0.1) is 0 Å². The van der Waals surface area contributed by atoms with Crippen LogP contribution in [0.3, 0.4) is 0 Å². The second-order valence-corrected chi connectivity index (χ2v) is 12.5. The third-order valence-corrected chi connectivity index (χ3v) is 9.31. The highest BCUT2D eigenvalue weighted by molar-refractivity contribution is 7.92. The van der Waals surface area contributed by atoms with Gasteiger partial charge in [-0.3, -0.25) is 13.9 Å². The van der Waals surface area contributed by atoms with E-state index in [4.69, 9.17) is 39.5 Å². The number of amides is 2. The number of carbonyl (C=O) groups excluding carboxylic acids is 2. The van der Waals surface area contributed by atoms with Crippen molar-refractivity contribution in [2.24, 2.45) is 0 Å². The average molecular weight is 641 g/mol. The van der Waals surface area contributed by atoms with Gasteiger partial charge in [0.05, 0.1) is 17.7 Å². The third-order valence-electron chi connectivity index (χ3n) is 6.58. The molecule has 0 heterocycles. The molecule has 0 radical (unpaired) electrons. The van der Waals surface area contributed by atoms with Crippen LogP contribution in [-0.2, 0) is 26.2 Å². The Hall–Kier alpha value is -2.98. The molecule has 1 N–H and O–H groups in total. The van der Waals surface area contributed by atoms with Gasteiger partial charge in [-0.2, -0.15) is 0 Å². The molecular formula is C29H32Cl3N3O5S. The summed E-state index contributed by atoms with van der Waals surface area (Å²) in [5.74, 6) is -0.577. The molecule has 0 bridgehead atoms. The molecule has 2 amide bonds. The third kappa shape index (κ3) is 8.07. The number of sulfonamides is 1. The SMILES string of the molecule is CC[C@H](C)NC(=O)[C@@H](C)N(Cc1c(Cl)cccc1Cl)C(=O)CN(c1cccc(Cl)c1)S(=O)(=O)c1ccc(OC)cc1. The van der Waals surface area contributed by atoms with Gasteiger partial charge in [-0.05, 0) is 74.9 Å². The van der Waals surface area contributed by atoms with Crippen LogP contribution in [0.5, 0.6) is 5.75 Å². The number of anilines is 1. The molecule has 12 heteroatoms. The molecule has 41 heavy (non-hydrogen) atoms. The van der Waals surface area contributed by atoms with Crippen LogP contribution >= 0.6 is 34.8 Å². The number of hydrogen-bond donors (Lipinski definition) is 1. The summed E-state index contributed by atoms with van der Waals surface area (Å²) in [6.07, 6.45) is 0.686. The molecule has 0 aromatic heterocycles.